The Morgan fingerprint density at radius 2 is 1.75 bits per heavy atom. The van der Waals surface area contributed by atoms with E-state index in [1.165, 1.54) is 0 Å². The standard InChI is InChI=1S/C19H12N4O/c20-19-15-10-22-6-4-12(15)17-13(16-2-1-7-24-16)8-11-3-5-21-9-14(11)18(17)23-19/h1-10H,(H2,20,23). The minimum Gasteiger partial charge on any atom is -0.464 e. The molecule has 0 unspecified atom stereocenters. The molecule has 0 amide bonds. The minimum absolute atomic E-state index is 0.465. The van der Waals surface area contributed by atoms with E-state index in [0.717, 1.165) is 43.8 Å². The number of anilines is 1. The molecule has 0 aliphatic heterocycles. The highest BCUT2D eigenvalue weighted by Gasteiger charge is 2.16. The summed E-state index contributed by atoms with van der Waals surface area (Å²) in [7, 11) is 0. The molecule has 5 rings (SSSR count). The van der Waals surface area contributed by atoms with Gasteiger partial charge in [-0.3, -0.25) is 9.97 Å². The largest absolute Gasteiger partial charge is 0.464 e. The molecular formula is C19H12N4O. The molecular weight excluding hydrogens is 300 g/mol. The molecule has 2 N–H and O–H groups in total. The van der Waals surface area contributed by atoms with E-state index >= 15 is 0 Å². The van der Waals surface area contributed by atoms with Gasteiger partial charge in [-0.2, -0.15) is 0 Å². The molecule has 4 heterocycles. The normalized spacial score (nSPS) is 11.5. The maximum atomic E-state index is 6.19. The van der Waals surface area contributed by atoms with Gasteiger partial charge < -0.3 is 10.2 Å². The quantitative estimate of drug-likeness (QED) is 0.470. The summed E-state index contributed by atoms with van der Waals surface area (Å²) in [6.45, 7) is 0. The van der Waals surface area contributed by atoms with Crippen molar-refractivity contribution in [2.45, 2.75) is 0 Å². The molecule has 0 fully saturated rings. The number of furan rings is 1. The molecule has 0 spiro atoms. The van der Waals surface area contributed by atoms with Crippen LogP contribution in [0, 0.1) is 0 Å². The molecule has 0 bridgehead atoms. The van der Waals surface area contributed by atoms with Gasteiger partial charge in [0.05, 0.1) is 11.8 Å². The smallest absolute Gasteiger partial charge is 0.134 e. The molecule has 114 valence electrons. The molecule has 0 atom stereocenters. The fourth-order valence-electron chi connectivity index (χ4n) is 3.23. The zero-order valence-corrected chi connectivity index (χ0v) is 12.6. The summed E-state index contributed by atoms with van der Waals surface area (Å²) in [6, 6.07) is 9.87. The summed E-state index contributed by atoms with van der Waals surface area (Å²) in [4.78, 5) is 13.1. The maximum Gasteiger partial charge on any atom is 0.134 e. The van der Waals surface area contributed by atoms with Crippen molar-refractivity contribution in [2.24, 2.45) is 0 Å². The highest BCUT2D eigenvalue weighted by atomic mass is 16.3. The summed E-state index contributed by atoms with van der Waals surface area (Å²) in [6.07, 6.45) is 8.78. The number of pyridine rings is 3. The molecule has 0 radical (unpaired) electrons. The second-order valence-electron chi connectivity index (χ2n) is 5.64. The van der Waals surface area contributed by atoms with E-state index in [-0.39, 0.29) is 0 Å². The van der Waals surface area contributed by atoms with Gasteiger partial charge in [0.25, 0.3) is 0 Å². The Bertz CT molecular complexity index is 1210. The van der Waals surface area contributed by atoms with Gasteiger partial charge in [0.15, 0.2) is 0 Å². The van der Waals surface area contributed by atoms with Crippen LogP contribution in [-0.2, 0) is 0 Å². The lowest BCUT2D eigenvalue weighted by molar-refractivity contribution is 0.583. The van der Waals surface area contributed by atoms with Crippen molar-refractivity contribution in [3.05, 3.63) is 61.4 Å². The number of rotatable bonds is 1. The zero-order valence-electron chi connectivity index (χ0n) is 12.6. The van der Waals surface area contributed by atoms with Gasteiger partial charge in [-0.05, 0) is 41.1 Å². The predicted octanol–water partition coefficient (Wildman–Crippen LogP) is 4.17. The molecule has 5 heteroatoms. The van der Waals surface area contributed by atoms with E-state index < -0.39 is 0 Å². The number of nitrogen functional groups attached to an aromatic ring is 1. The number of nitrogens with two attached hydrogens (primary N) is 1. The number of hydrogen-bond acceptors (Lipinski definition) is 5. The minimum atomic E-state index is 0.465. The number of aromatic nitrogens is 3. The lowest BCUT2D eigenvalue weighted by atomic mass is 9.97. The van der Waals surface area contributed by atoms with Gasteiger partial charge in [0.2, 0.25) is 0 Å². The maximum absolute atomic E-state index is 6.19. The molecule has 4 aromatic heterocycles. The first-order valence-electron chi connectivity index (χ1n) is 7.56. The highest BCUT2D eigenvalue weighted by Crippen LogP contribution is 2.39. The van der Waals surface area contributed by atoms with E-state index in [1.807, 2.05) is 30.5 Å². The second-order valence-corrected chi connectivity index (χ2v) is 5.64. The predicted molar refractivity (Wildman–Crippen MR) is 94.5 cm³/mol. The lowest BCUT2D eigenvalue weighted by Gasteiger charge is -2.12. The topological polar surface area (TPSA) is 77.8 Å². The average molecular weight is 312 g/mol. The van der Waals surface area contributed by atoms with Crippen LogP contribution in [0.4, 0.5) is 5.82 Å². The van der Waals surface area contributed by atoms with E-state index in [1.54, 1.807) is 24.9 Å². The van der Waals surface area contributed by atoms with E-state index in [0.29, 0.717) is 5.82 Å². The van der Waals surface area contributed by atoms with Crippen LogP contribution in [0.2, 0.25) is 0 Å². The fourth-order valence-corrected chi connectivity index (χ4v) is 3.23. The summed E-state index contributed by atoms with van der Waals surface area (Å²) < 4.78 is 5.67. The molecule has 5 aromatic rings. The number of hydrogen-bond donors (Lipinski definition) is 1. The van der Waals surface area contributed by atoms with Crippen LogP contribution in [0.5, 0.6) is 0 Å². The zero-order chi connectivity index (χ0) is 16.1. The van der Waals surface area contributed by atoms with Crippen molar-refractivity contribution in [1.29, 1.82) is 0 Å². The molecule has 0 aliphatic rings. The number of benzene rings is 1. The van der Waals surface area contributed by atoms with Crippen LogP contribution in [0.25, 0.3) is 43.8 Å². The summed E-state index contributed by atoms with van der Waals surface area (Å²) in [5.74, 6) is 1.26. The molecule has 0 saturated carbocycles. The van der Waals surface area contributed by atoms with Crippen molar-refractivity contribution in [3.63, 3.8) is 0 Å². The van der Waals surface area contributed by atoms with Crippen LogP contribution >= 0.6 is 0 Å². The van der Waals surface area contributed by atoms with Gasteiger partial charge in [0.1, 0.15) is 11.6 Å². The lowest BCUT2D eigenvalue weighted by Crippen LogP contribution is -1.96. The molecule has 0 saturated heterocycles. The van der Waals surface area contributed by atoms with Gasteiger partial charge in [-0.15, -0.1) is 0 Å². The Balaban J connectivity index is 2.12. The van der Waals surface area contributed by atoms with Crippen LogP contribution in [0.1, 0.15) is 0 Å². The second kappa shape index (κ2) is 4.76. The van der Waals surface area contributed by atoms with E-state index in [4.69, 9.17) is 10.2 Å². The van der Waals surface area contributed by atoms with Crippen LogP contribution in [0.15, 0.2) is 65.8 Å². The van der Waals surface area contributed by atoms with Crippen LogP contribution < -0.4 is 5.73 Å². The van der Waals surface area contributed by atoms with Crippen molar-refractivity contribution in [2.75, 3.05) is 5.73 Å². The summed E-state index contributed by atoms with van der Waals surface area (Å²) in [5.41, 5.74) is 7.99. The number of fused-ring (bicyclic) bond motifs is 5. The summed E-state index contributed by atoms with van der Waals surface area (Å²) in [5, 5.41) is 4.85. The van der Waals surface area contributed by atoms with Gasteiger partial charge in [-0.1, -0.05) is 0 Å². The van der Waals surface area contributed by atoms with Gasteiger partial charge >= 0.3 is 0 Å². The van der Waals surface area contributed by atoms with Crippen LogP contribution in [0.3, 0.4) is 0 Å². The Morgan fingerprint density at radius 3 is 2.58 bits per heavy atom. The molecule has 5 nitrogen and oxygen atoms in total. The monoisotopic (exact) mass is 312 g/mol. The highest BCUT2D eigenvalue weighted by molar-refractivity contribution is 6.22. The SMILES string of the molecule is Nc1nc2c3cnccc3cc(-c3ccco3)c2c2ccncc12. The van der Waals surface area contributed by atoms with Crippen LogP contribution in [-0.4, -0.2) is 15.0 Å². The molecule has 0 aliphatic carbocycles. The van der Waals surface area contributed by atoms with Crippen molar-refractivity contribution < 1.29 is 4.42 Å². The van der Waals surface area contributed by atoms with Gasteiger partial charge in [-0.25, -0.2) is 4.98 Å². The van der Waals surface area contributed by atoms with Crippen molar-refractivity contribution >= 4 is 38.3 Å². The third kappa shape index (κ3) is 1.72. The summed E-state index contributed by atoms with van der Waals surface area (Å²) >= 11 is 0. The Labute approximate surface area is 136 Å². The van der Waals surface area contributed by atoms with E-state index in [9.17, 15) is 0 Å². The molecule has 24 heavy (non-hydrogen) atoms. The average Bonchev–Trinajstić information content (AvgIpc) is 3.16. The third-order valence-electron chi connectivity index (χ3n) is 4.30. The first-order chi connectivity index (χ1) is 11.8. The molecule has 1 aromatic carbocycles. The Hall–Kier alpha value is -3.47. The van der Waals surface area contributed by atoms with E-state index in [2.05, 4.69) is 21.0 Å². The number of nitrogens with zero attached hydrogens (tertiary/aromatic N) is 3. The van der Waals surface area contributed by atoms with Crippen molar-refractivity contribution in [3.8, 4) is 11.3 Å². The third-order valence-corrected chi connectivity index (χ3v) is 4.30. The fraction of sp³-hybridized carbons (Fsp3) is 0. The van der Waals surface area contributed by atoms with Gasteiger partial charge in [0, 0.05) is 46.5 Å². The first kappa shape index (κ1) is 13.0. The first-order valence-corrected chi connectivity index (χ1v) is 7.56. The Kier molecular flexibility index (Phi) is 2.58. The van der Waals surface area contributed by atoms with Crippen molar-refractivity contribution in [1.82, 2.24) is 15.0 Å². The Morgan fingerprint density at radius 1 is 0.917 bits per heavy atom.